The van der Waals surface area contributed by atoms with Gasteiger partial charge in [0, 0.05) is 5.69 Å². The fraction of sp³-hybridized carbons (Fsp3) is 0.235. The van der Waals surface area contributed by atoms with E-state index in [2.05, 4.69) is 5.32 Å². The Labute approximate surface area is 119 Å². The number of rotatable bonds is 4. The predicted molar refractivity (Wildman–Crippen MR) is 80.9 cm³/mol. The van der Waals surface area contributed by atoms with E-state index in [0.29, 0.717) is 0 Å². The van der Waals surface area contributed by atoms with Crippen molar-refractivity contribution in [1.29, 1.82) is 0 Å². The van der Waals surface area contributed by atoms with E-state index in [0.717, 1.165) is 23.2 Å². The Balaban J connectivity index is 2.18. The van der Waals surface area contributed by atoms with Crippen LogP contribution in [0.3, 0.4) is 0 Å². The minimum atomic E-state index is -0.163. The number of benzene rings is 2. The minimum Gasteiger partial charge on any atom is -0.508 e. The molecule has 104 valence electrons. The molecule has 0 aromatic heterocycles. The normalized spacial score (nSPS) is 11.9. The lowest BCUT2D eigenvalue weighted by Crippen LogP contribution is -2.21. The highest BCUT2D eigenvalue weighted by atomic mass is 16.3. The number of phenolic OH excluding ortho intramolecular Hbond substituents is 1. The molecule has 2 N–H and O–H groups in total. The standard InChI is InChI=1S/C17H19NO2/c1-3-15(13-7-5-4-6-8-13)17(20)18-16-10-9-14(19)11-12(16)2/h4-11,15,19H,3H2,1-2H3,(H,18,20)/t15-/m0/s1. The molecule has 1 atom stereocenters. The molecule has 0 heterocycles. The fourth-order valence-electron chi connectivity index (χ4n) is 2.27. The maximum atomic E-state index is 12.4. The largest absolute Gasteiger partial charge is 0.508 e. The van der Waals surface area contributed by atoms with Crippen molar-refractivity contribution in [1.82, 2.24) is 0 Å². The summed E-state index contributed by atoms with van der Waals surface area (Å²) in [5, 5.41) is 12.3. The van der Waals surface area contributed by atoms with E-state index in [1.807, 2.05) is 44.2 Å². The molecule has 0 unspecified atom stereocenters. The maximum Gasteiger partial charge on any atom is 0.231 e. The van der Waals surface area contributed by atoms with Gasteiger partial charge >= 0.3 is 0 Å². The fourth-order valence-corrected chi connectivity index (χ4v) is 2.27. The second kappa shape index (κ2) is 6.24. The molecule has 0 aliphatic heterocycles. The Morgan fingerprint density at radius 3 is 2.50 bits per heavy atom. The summed E-state index contributed by atoms with van der Waals surface area (Å²) in [6, 6.07) is 14.7. The number of hydrogen-bond donors (Lipinski definition) is 2. The summed E-state index contributed by atoms with van der Waals surface area (Å²) in [4.78, 5) is 12.4. The third-order valence-electron chi connectivity index (χ3n) is 3.39. The lowest BCUT2D eigenvalue weighted by Gasteiger charge is -2.16. The van der Waals surface area contributed by atoms with Crippen LogP contribution in [0.5, 0.6) is 5.75 Å². The van der Waals surface area contributed by atoms with Gasteiger partial charge in [0.15, 0.2) is 0 Å². The molecule has 0 aliphatic carbocycles. The number of carbonyl (C=O) groups is 1. The van der Waals surface area contributed by atoms with Crippen molar-refractivity contribution in [2.24, 2.45) is 0 Å². The molecular weight excluding hydrogens is 250 g/mol. The number of anilines is 1. The number of phenols is 1. The number of amides is 1. The first-order chi connectivity index (χ1) is 9.61. The number of carbonyl (C=O) groups excluding carboxylic acids is 1. The molecule has 3 nitrogen and oxygen atoms in total. The van der Waals surface area contributed by atoms with Gasteiger partial charge in [-0.05, 0) is 42.7 Å². The summed E-state index contributed by atoms with van der Waals surface area (Å²) in [5.74, 6) is 0.0208. The van der Waals surface area contributed by atoms with Gasteiger partial charge in [-0.2, -0.15) is 0 Å². The molecule has 1 amide bonds. The van der Waals surface area contributed by atoms with Crippen molar-refractivity contribution in [3.05, 3.63) is 59.7 Å². The molecule has 3 heteroatoms. The molecular formula is C17H19NO2. The van der Waals surface area contributed by atoms with Crippen molar-refractivity contribution in [3.63, 3.8) is 0 Å². The van der Waals surface area contributed by atoms with Crippen LogP contribution >= 0.6 is 0 Å². The summed E-state index contributed by atoms with van der Waals surface area (Å²) in [6.45, 7) is 3.86. The van der Waals surface area contributed by atoms with E-state index in [1.54, 1.807) is 18.2 Å². The predicted octanol–water partition coefficient (Wildman–Crippen LogP) is 3.83. The highest BCUT2D eigenvalue weighted by Crippen LogP contribution is 2.24. The third-order valence-corrected chi connectivity index (χ3v) is 3.39. The summed E-state index contributed by atoms with van der Waals surface area (Å²) in [7, 11) is 0. The van der Waals surface area contributed by atoms with E-state index >= 15 is 0 Å². The zero-order valence-electron chi connectivity index (χ0n) is 11.8. The summed E-state index contributed by atoms with van der Waals surface area (Å²) >= 11 is 0. The first-order valence-corrected chi connectivity index (χ1v) is 6.77. The van der Waals surface area contributed by atoms with E-state index in [4.69, 9.17) is 0 Å². The van der Waals surface area contributed by atoms with Crippen molar-refractivity contribution in [2.75, 3.05) is 5.32 Å². The Morgan fingerprint density at radius 2 is 1.90 bits per heavy atom. The molecule has 2 rings (SSSR count). The quantitative estimate of drug-likeness (QED) is 0.829. The van der Waals surface area contributed by atoms with E-state index in [1.165, 1.54) is 0 Å². The van der Waals surface area contributed by atoms with Crippen LogP contribution < -0.4 is 5.32 Å². The zero-order valence-corrected chi connectivity index (χ0v) is 11.8. The zero-order chi connectivity index (χ0) is 14.5. The topological polar surface area (TPSA) is 49.3 Å². The Kier molecular flexibility index (Phi) is 4.41. The van der Waals surface area contributed by atoms with Crippen LogP contribution in [-0.4, -0.2) is 11.0 Å². The van der Waals surface area contributed by atoms with Crippen LogP contribution in [0.15, 0.2) is 48.5 Å². The van der Waals surface area contributed by atoms with E-state index < -0.39 is 0 Å². The van der Waals surface area contributed by atoms with E-state index in [-0.39, 0.29) is 17.6 Å². The number of hydrogen-bond acceptors (Lipinski definition) is 2. The first-order valence-electron chi connectivity index (χ1n) is 6.77. The molecule has 0 saturated heterocycles. The van der Waals surface area contributed by atoms with Crippen LogP contribution in [0.2, 0.25) is 0 Å². The number of nitrogens with one attached hydrogen (secondary N) is 1. The second-order valence-corrected chi connectivity index (χ2v) is 4.86. The van der Waals surface area contributed by atoms with Crippen LogP contribution in [0, 0.1) is 6.92 Å². The summed E-state index contributed by atoms with van der Waals surface area (Å²) in [5.41, 5.74) is 2.60. The van der Waals surface area contributed by atoms with Gasteiger partial charge in [-0.15, -0.1) is 0 Å². The number of aromatic hydroxyl groups is 1. The monoisotopic (exact) mass is 269 g/mol. The molecule has 0 spiro atoms. The first kappa shape index (κ1) is 14.1. The summed E-state index contributed by atoms with van der Waals surface area (Å²) < 4.78 is 0. The van der Waals surface area contributed by atoms with Crippen LogP contribution in [0.4, 0.5) is 5.69 Å². The molecule has 0 fully saturated rings. The molecule has 0 bridgehead atoms. The third kappa shape index (κ3) is 3.18. The Hall–Kier alpha value is -2.29. The van der Waals surface area contributed by atoms with Crippen LogP contribution in [-0.2, 0) is 4.79 Å². The highest BCUT2D eigenvalue weighted by Gasteiger charge is 2.18. The minimum absolute atomic E-state index is 0.0208. The Morgan fingerprint density at radius 1 is 1.20 bits per heavy atom. The molecule has 0 radical (unpaired) electrons. The molecule has 20 heavy (non-hydrogen) atoms. The lowest BCUT2D eigenvalue weighted by molar-refractivity contribution is -0.117. The summed E-state index contributed by atoms with van der Waals surface area (Å²) in [6.07, 6.45) is 0.743. The molecule has 0 aliphatic rings. The molecule has 2 aromatic carbocycles. The smallest absolute Gasteiger partial charge is 0.231 e. The van der Waals surface area contributed by atoms with Crippen molar-refractivity contribution < 1.29 is 9.90 Å². The lowest BCUT2D eigenvalue weighted by atomic mass is 9.95. The molecule has 0 saturated carbocycles. The maximum absolute atomic E-state index is 12.4. The van der Waals surface area contributed by atoms with Gasteiger partial charge < -0.3 is 10.4 Å². The van der Waals surface area contributed by atoms with Crippen molar-refractivity contribution >= 4 is 11.6 Å². The Bertz CT molecular complexity index is 593. The number of aryl methyl sites for hydroxylation is 1. The van der Waals surface area contributed by atoms with Crippen molar-refractivity contribution in [2.45, 2.75) is 26.2 Å². The van der Waals surface area contributed by atoms with Gasteiger partial charge in [0.05, 0.1) is 5.92 Å². The van der Waals surface area contributed by atoms with Crippen molar-refractivity contribution in [3.8, 4) is 5.75 Å². The van der Waals surface area contributed by atoms with E-state index in [9.17, 15) is 9.90 Å². The van der Waals surface area contributed by atoms with Gasteiger partial charge in [-0.25, -0.2) is 0 Å². The average molecular weight is 269 g/mol. The SMILES string of the molecule is CC[C@H](C(=O)Nc1ccc(O)cc1C)c1ccccc1. The average Bonchev–Trinajstić information content (AvgIpc) is 2.44. The van der Waals surface area contributed by atoms with Crippen LogP contribution in [0.25, 0.3) is 0 Å². The van der Waals surface area contributed by atoms with Gasteiger partial charge in [0.2, 0.25) is 5.91 Å². The second-order valence-electron chi connectivity index (χ2n) is 4.86. The van der Waals surface area contributed by atoms with Crippen LogP contribution in [0.1, 0.15) is 30.4 Å². The van der Waals surface area contributed by atoms with Gasteiger partial charge in [0.25, 0.3) is 0 Å². The highest BCUT2D eigenvalue weighted by molar-refractivity contribution is 5.96. The van der Waals surface area contributed by atoms with Gasteiger partial charge in [-0.1, -0.05) is 37.3 Å². The van der Waals surface area contributed by atoms with Gasteiger partial charge in [0.1, 0.15) is 5.75 Å². The molecule has 2 aromatic rings. The van der Waals surface area contributed by atoms with Gasteiger partial charge in [-0.3, -0.25) is 4.79 Å².